The molecule has 126 valence electrons. The molecule has 0 saturated heterocycles. The molecule has 0 saturated carbocycles. The Morgan fingerprint density at radius 1 is 1.30 bits per heavy atom. The van der Waals surface area contributed by atoms with Crippen molar-refractivity contribution in [1.82, 2.24) is 19.9 Å². The molecule has 7 nitrogen and oxygen atoms in total. The number of nitrogens with zero attached hydrogens (tertiary/aromatic N) is 3. The van der Waals surface area contributed by atoms with E-state index < -0.39 is 12.0 Å². The van der Waals surface area contributed by atoms with Gasteiger partial charge in [0.05, 0.1) is 0 Å². The predicted molar refractivity (Wildman–Crippen MR) is 88.0 cm³/mol. The number of aliphatic carboxylic acids is 1. The van der Waals surface area contributed by atoms with Crippen LogP contribution in [0.5, 0.6) is 0 Å². The molecular weight excluding hydrogens is 316 g/mol. The van der Waals surface area contributed by atoms with Crippen molar-refractivity contribution < 1.29 is 14.7 Å². The molecular formula is C15H22N4O3S. The van der Waals surface area contributed by atoms with Crippen LogP contribution in [0.4, 0.5) is 0 Å². The fourth-order valence-corrected chi connectivity index (χ4v) is 3.38. The maximum Gasteiger partial charge on any atom is 0.326 e. The van der Waals surface area contributed by atoms with Gasteiger partial charge < -0.3 is 10.4 Å². The summed E-state index contributed by atoms with van der Waals surface area (Å²) < 4.78 is 1.86. The van der Waals surface area contributed by atoms with Crippen molar-refractivity contribution in [2.75, 3.05) is 0 Å². The highest BCUT2D eigenvalue weighted by atomic mass is 32.1. The van der Waals surface area contributed by atoms with E-state index in [1.807, 2.05) is 39.0 Å². The van der Waals surface area contributed by atoms with Crippen molar-refractivity contribution in [2.45, 2.75) is 53.0 Å². The zero-order valence-electron chi connectivity index (χ0n) is 14.0. The Balaban J connectivity index is 2.34. The van der Waals surface area contributed by atoms with Crippen LogP contribution in [0.15, 0.2) is 0 Å². The lowest BCUT2D eigenvalue weighted by Crippen LogP contribution is -2.45. The van der Waals surface area contributed by atoms with Crippen molar-refractivity contribution in [1.29, 1.82) is 0 Å². The van der Waals surface area contributed by atoms with Gasteiger partial charge in [0.1, 0.15) is 16.7 Å². The molecule has 2 N–H and O–H groups in total. The maximum atomic E-state index is 12.5. The van der Waals surface area contributed by atoms with Gasteiger partial charge in [-0.15, -0.1) is 10.2 Å². The van der Waals surface area contributed by atoms with Gasteiger partial charge in [0, 0.05) is 11.6 Å². The second-order valence-corrected chi connectivity index (χ2v) is 7.00. The van der Waals surface area contributed by atoms with E-state index >= 15 is 0 Å². The number of hydrogen-bond acceptors (Lipinski definition) is 5. The summed E-state index contributed by atoms with van der Waals surface area (Å²) in [5.41, 5.74) is 0.740. The SMILES string of the molecule is CCC(C)C(NC(=O)c1sc2nnc(C(C)C)n2c1C)C(=O)O. The largest absolute Gasteiger partial charge is 0.480 e. The lowest BCUT2D eigenvalue weighted by atomic mass is 9.99. The number of carbonyl (C=O) groups excluding carboxylic acids is 1. The van der Waals surface area contributed by atoms with Gasteiger partial charge in [-0.1, -0.05) is 45.5 Å². The molecule has 2 heterocycles. The van der Waals surface area contributed by atoms with E-state index in [-0.39, 0.29) is 17.7 Å². The van der Waals surface area contributed by atoms with Gasteiger partial charge in [-0.3, -0.25) is 9.20 Å². The average molecular weight is 338 g/mol. The van der Waals surface area contributed by atoms with Crippen LogP contribution >= 0.6 is 11.3 Å². The van der Waals surface area contributed by atoms with Crippen molar-refractivity contribution in [2.24, 2.45) is 5.92 Å². The van der Waals surface area contributed by atoms with Gasteiger partial charge in [-0.2, -0.15) is 0 Å². The average Bonchev–Trinajstić information content (AvgIpc) is 3.04. The smallest absolute Gasteiger partial charge is 0.326 e. The topological polar surface area (TPSA) is 96.6 Å². The van der Waals surface area contributed by atoms with E-state index in [1.165, 1.54) is 11.3 Å². The summed E-state index contributed by atoms with van der Waals surface area (Å²) in [6.45, 7) is 9.56. The number of carboxylic acids is 1. The first-order chi connectivity index (χ1) is 10.8. The standard InChI is InChI=1S/C15H22N4O3S/c1-6-8(4)10(14(21)22)16-13(20)11-9(5)19-12(7(2)3)17-18-15(19)23-11/h7-8,10H,6H2,1-5H3,(H,16,20)(H,21,22). The van der Waals surface area contributed by atoms with Crippen molar-refractivity contribution in [3.8, 4) is 0 Å². The lowest BCUT2D eigenvalue weighted by Gasteiger charge is -2.19. The van der Waals surface area contributed by atoms with Crippen LogP contribution < -0.4 is 5.32 Å². The van der Waals surface area contributed by atoms with Crippen LogP contribution in [-0.2, 0) is 4.79 Å². The van der Waals surface area contributed by atoms with Crippen LogP contribution in [0.1, 0.15) is 61.2 Å². The van der Waals surface area contributed by atoms with Gasteiger partial charge in [-0.05, 0) is 12.8 Å². The molecule has 0 radical (unpaired) electrons. The Kier molecular flexibility index (Phi) is 5.03. The van der Waals surface area contributed by atoms with Crippen LogP contribution in [-0.4, -0.2) is 37.6 Å². The van der Waals surface area contributed by atoms with E-state index in [0.717, 1.165) is 11.5 Å². The van der Waals surface area contributed by atoms with Gasteiger partial charge in [0.15, 0.2) is 0 Å². The highest BCUT2D eigenvalue weighted by Crippen LogP contribution is 2.26. The van der Waals surface area contributed by atoms with Crippen molar-refractivity contribution >= 4 is 28.2 Å². The molecule has 2 aromatic rings. The number of nitrogens with one attached hydrogen (secondary N) is 1. The minimum absolute atomic E-state index is 0.145. The number of aromatic nitrogens is 3. The number of carboxylic acid groups (broad SMARTS) is 1. The molecule has 0 aliphatic heterocycles. The van der Waals surface area contributed by atoms with E-state index in [1.54, 1.807) is 0 Å². The number of rotatable bonds is 6. The molecule has 23 heavy (non-hydrogen) atoms. The highest BCUT2D eigenvalue weighted by molar-refractivity contribution is 7.19. The summed E-state index contributed by atoms with van der Waals surface area (Å²) in [5.74, 6) is -0.559. The Bertz CT molecular complexity index is 734. The third-order valence-electron chi connectivity index (χ3n) is 4.00. The van der Waals surface area contributed by atoms with Crippen molar-refractivity contribution in [3.63, 3.8) is 0 Å². The molecule has 0 aliphatic carbocycles. The van der Waals surface area contributed by atoms with Crippen LogP contribution in [0.3, 0.4) is 0 Å². The Morgan fingerprint density at radius 3 is 2.48 bits per heavy atom. The fourth-order valence-electron chi connectivity index (χ4n) is 2.40. The van der Waals surface area contributed by atoms with Crippen LogP contribution in [0.2, 0.25) is 0 Å². The minimum Gasteiger partial charge on any atom is -0.480 e. The Hall–Kier alpha value is -1.96. The lowest BCUT2D eigenvalue weighted by molar-refractivity contribution is -0.140. The summed E-state index contributed by atoms with van der Waals surface area (Å²) in [6, 6.07) is -0.899. The molecule has 0 aromatic carbocycles. The molecule has 0 spiro atoms. The summed E-state index contributed by atoms with van der Waals surface area (Å²) in [4.78, 5) is 25.0. The number of fused-ring (bicyclic) bond motifs is 1. The second-order valence-electron chi connectivity index (χ2n) is 6.02. The highest BCUT2D eigenvalue weighted by Gasteiger charge is 2.28. The first kappa shape index (κ1) is 17.4. The van der Waals surface area contributed by atoms with Gasteiger partial charge in [0.2, 0.25) is 4.96 Å². The molecule has 0 bridgehead atoms. The van der Waals surface area contributed by atoms with E-state index in [9.17, 15) is 14.7 Å². The van der Waals surface area contributed by atoms with Crippen LogP contribution in [0.25, 0.3) is 4.96 Å². The summed E-state index contributed by atoms with van der Waals surface area (Å²) in [7, 11) is 0. The molecule has 2 rings (SSSR count). The third-order valence-corrected chi connectivity index (χ3v) is 5.14. The molecule has 2 aromatic heterocycles. The molecule has 1 amide bonds. The maximum absolute atomic E-state index is 12.5. The first-order valence-electron chi connectivity index (χ1n) is 7.65. The van der Waals surface area contributed by atoms with E-state index in [0.29, 0.717) is 16.3 Å². The zero-order valence-corrected chi connectivity index (χ0v) is 14.8. The molecule has 8 heteroatoms. The van der Waals surface area contributed by atoms with E-state index in [4.69, 9.17) is 0 Å². The quantitative estimate of drug-likeness (QED) is 0.843. The molecule has 0 fully saturated rings. The zero-order chi connectivity index (χ0) is 17.3. The molecule has 2 atom stereocenters. The molecule has 0 aliphatic rings. The first-order valence-corrected chi connectivity index (χ1v) is 8.47. The Morgan fingerprint density at radius 2 is 1.96 bits per heavy atom. The van der Waals surface area contributed by atoms with E-state index in [2.05, 4.69) is 15.5 Å². The van der Waals surface area contributed by atoms with Crippen LogP contribution in [0, 0.1) is 12.8 Å². The predicted octanol–water partition coefficient (Wildman–Crippen LogP) is 2.45. The number of hydrogen-bond donors (Lipinski definition) is 2. The van der Waals surface area contributed by atoms with Gasteiger partial charge >= 0.3 is 5.97 Å². The monoisotopic (exact) mass is 338 g/mol. The third kappa shape index (κ3) is 3.21. The summed E-state index contributed by atoms with van der Waals surface area (Å²) >= 11 is 1.23. The number of carbonyl (C=O) groups is 2. The number of amides is 1. The normalized spacial score (nSPS) is 14.2. The summed E-state index contributed by atoms with van der Waals surface area (Å²) in [6.07, 6.45) is 0.672. The van der Waals surface area contributed by atoms with Crippen molar-refractivity contribution in [3.05, 3.63) is 16.4 Å². The number of aryl methyl sites for hydroxylation is 1. The second kappa shape index (κ2) is 6.66. The van der Waals surface area contributed by atoms with Gasteiger partial charge in [0.25, 0.3) is 5.91 Å². The van der Waals surface area contributed by atoms with Gasteiger partial charge in [-0.25, -0.2) is 4.79 Å². The minimum atomic E-state index is -1.02. The molecule has 2 unspecified atom stereocenters. The number of thiazole rings is 1. The summed E-state index contributed by atoms with van der Waals surface area (Å²) in [5, 5.41) is 20.2. The fraction of sp³-hybridized carbons (Fsp3) is 0.600. The Labute approximate surface area is 138 Å².